The summed E-state index contributed by atoms with van der Waals surface area (Å²) in [5.41, 5.74) is -1.43. The molecule has 38 heavy (non-hydrogen) atoms. The van der Waals surface area contributed by atoms with E-state index in [2.05, 4.69) is 5.32 Å². The molecule has 0 aliphatic heterocycles. The highest BCUT2D eigenvalue weighted by Gasteiger charge is 2.34. The van der Waals surface area contributed by atoms with Crippen molar-refractivity contribution in [2.24, 2.45) is 0 Å². The van der Waals surface area contributed by atoms with Gasteiger partial charge in [0, 0.05) is 29.0 Å². The Morgan fingerprint density at radius 2 is 1.66 bits per heavy atom. The van der Waals surface area contributed by atoms with Gasteiger partial charge in [-0.15, -0.1) is 0 Å². The van der Waals surface area contributed by atoms with Gasteiger partial charge in [0.2, 0.25) is 0 Å². The van der Waals surface area contributed by atoms with Crippen LogP contribution in [-0.2, 0) is 28.7 Å². The molecule has 0 saturated carbocycles. The van der Waals surface area contributed by atoms with Gasteiger partial charge in [-0.1, -0.05) is 54.1 Å². The van der Waals surface area contributed by atoms with Crippen LogP contribution in [-0.4, -0.2) is 18.1 Å². The van der Waals surface area contributed by atoms with Gasteiger partial charge in [0.15, 0.2) is 0 Å². The largest absolute Gasteiger partial charge is 0.445 e. The molecule has 11 heteroatoms. The SMILES string of the molecule is O=C(N[C@H](Cc1ccc(Cl)cc1)C(=O)Oc1ccc2c(C(F)(F)F)cc(=O)oc2c1)OCc1ccccc1. The minimum absolute atomic E-state index is 0.00265. The Hall–Kier alpha value is -4.31. The third kappa shape index (κ3) is 6.92. The predicted molar refractivity (Wildman–Crippen MR) is 132 cm³/mol. The number of benzene rings is 3. The molecule has 0 fully saturated rings. The lowest BCUT2D eigenvalue weighted by Gasteiger charge is -2.18. The molecule has 0 bridgehead atoms. The molecule has 7 nitrogen and oxygen atoms in total. The van der Waals surface area contributed by atoms with Crippen molar-refractivity contribution in [3.05, 3.63) is 111 Å². The van der Waals surface area contributed by atoms with Crippen molar-refractivity contribution in [1.29, 1.82) is 0 Å². The van der Waals surface area contributed by atoms with Crippen LogP contribution in [0.2, 0.25) is 5.02 Å². The molecule has 3 aromatic carbocycles. The van der Waals surface area contributed by atoms with Crippen LogP contribution in [0.3, 0.4) is 0 Å². The van der Waals surface area contributed by atoms with Crippen LogP contribution in [0.1, 0.15) is 16.7 Å². The molecule has 0 radical (unpaired) electrons. The normalized spacial score (nSPS) is 12.1. The number of hydrogen-bond acceptors (Lipinski definition) is 6. The molecule has 0 unspecified atom stereocenters. The molecule has 0 saturated heterocycles. The molecule has 1 amide bonds. The number of halogens is 4. The van der Waals surface area contributed by atoms with Crippen molar-refractivity contribution < 1.29 is 36.7 Å². The first kappa shape index (κ1) is 26.7. The summed E-state index contributed by atoms with van der Waals surface area (Å²) < 4.78 is 55.3. The summed E-state index contributed by atoms with van der Waals surface area (Å²) in [5, 5.41) is 2.55. The second-order valence-electron chi connectivity index (χ2n) is 8.15. The Labute approximate surface area is 218 Å². The van der Waals surface area contributed by atoms with Crippen LogP contribution < -0.4 is 15.7 Å². The number of nitrogens with one attached hydrogen (secondary N) is 1. The molecule has 0 spiro atoms. The summed E-state index contributed by atoms with van der Waals surface area (Å²) in [4.78, 5) is 37.1. The molecule has 4 rings (SSSR count). The van der Waals surface area contributed by atoms with Gasteiger partial charge in [0.25, 0.3) is 0 Å². The lowest BCUT2D eigenvalue weighted by molar-refractivity contribution is -0.137. The van der Waals surface area contributed by atoms with Gasteiger partial charge in [-0.25, -0.2) is 14.4 Å². The Balaban J connectivity index is 1.54. The lowest BCUT2D eigenvalue weighted by atomic mass is 10.1. The molecule has 0 aliphatic carbocycles. The van der Waals surface area contributed by atoms with Gasteiger partial charge in [0.05, 0.1) is 5.56 Å². The van der Waals surface area contributed by atoms with E-state index >= 15 is 0 Å². The van der Waals surface area contributed by atoms with E-state index < -0.39 is 41.1 Å². The summed E-state index contributed by atoms with van der Waals surface area (Å²) in [6.07, 6.45) is -5.68. The van der Waals surface area contributed by atoms with Crippen LogP contribution in [0.25, 0.3) is 11.0 Å². The van der Waals surface area contributed by atoms with Crippen molar-refractivity contribution in [3.8, 4) is 5.75 Å². The number of fused-ring (bicyclic) bond motifs is 1. The Bertz CT molecular complexity index is 1500. The summed E-state index contributed by atoms with van der Waals surface area (Å²) in [7, 11) is 0. The first-order chi connectivity index (χ1) is 18.1. The molecular weight excluding hydrogens is 527 g/mol. The number of rotatable bonds is 7. The second-order valence-corrected chi connectivity index (χ2v) is 8.58. The van der Waals surface area contributed by atoms with Crippen LogP contribution in [0.4, 0.5) is 18.0 Å². The van der Waals surface area contributed by atoms with E-state index in [1.807, 2.05) is 6.07 Å². The minimum atomic E-state index is -4.79. The summed E-state index contributed by atoms with van der Waals surface area (Å²) in [5.74, 6) is -1.11. The van der Waals surface area contributed by atoms with Gasteiger partial charge in [0.1, 0.15) is 24.0 Å². The lowest BCUT2D eigenvalue weighted by Crippen LogP contribution is -2.44. The van der Waals surface area contributed by atoms with Crippen molar-refractivity contribution >= 4 is 34.6 Å². The number of esters is 1. The fraction of sp³-hybridized carbons (Fsp3) is 0.148. The van der Waals surface area contributed by atoms with Crippen LogP contribution >= 0.6 is 11.6 Å². The molecule has 4 aromatic rings. The molecule has 1 atom stereocenters. The zero-order chi connectivity index (χ0) is 27.3. The number of ether oxygens (including phenoxy) is 2. The van der Waals surface area contributed by atoms with E-state index in [1.165, 1.54) is 0 Å². The fourth-order valence-corrected chi connectivity index (χ4v) is 3.71. The van der Waals surface area contributed by atoms with Gasteiger partial charge in [-0.3, -0.25) is 0 Å². The molecule has 1 N–H and O–H groups in total. The predicted octanol–water partition coefficient (Wildman–Crippen LogP) is 5.91. The maximum absolute atomic E-state index is 13.3. The van der Waals surface area contributed by atoms with E-state index in [9.17, 15) is 27.6 Å². The number of carbonyl (C=O) groups excluding carboxylic acids is 2. The van der Waals surface area contributed by atoms with E-state index in [0.29, 0.717) is 16.7 Å². The van der Waals surface area contributed by atoms with Crippen LogP contribution in [0, 0.1) is 0 Å². The molecular formula is C27H19ClF3NO6. The highest BCUT2D eigenvalue weighted by atomic mass is 35.5. The van der Waals surface area contributed by atoms with Crippen molar-refractivity contribution in [3.63, 3.8) is 0 Å². The van der Waals surface area contributed by atoms with Crippen molar-refractivity contribution in [2.75, 3.05) is 0 Å². The average molecular weight is 546 g/mol. The Kier molecular flexibility index (Phi) is 8.02. The fourth-order valence-electron chi connectivity index (χ4n) is 3.58. The molecule has 196 valence electrons. The standard InChI is InChI=1S/C27H19ClF3NO6/c28-18-8-6-16(7-9-18)12-22(32-26(35)36-15-17-4-2-1-3-5-17)25(34)37-19-10-11-20-21(27(29,30)31)14-24(33)38-23(20)13-19/h1-11,13-14,22H,12,15H2,(H,32,35)/t22-/m1/s1. The topological polar surface area (TPSA) is 94.8 Å². The van der Waals surface area contributed by atoms with E-state index in [1.54, 1.807) is 48.5 Å². The minimum Gasteiger partial charge on any atom is -0.445 e. The maximum Gasteiger partial charge on any atom is 0.417 e. The number of amides is 1. The van der Waals surface area contributed by atoms with Crippen molar-refractivity contribution in [2.45, 2.75) is 25.2 Å². The Morgan fingerprint density at radius 1 is 0.947 bits per heavy atom. The third-order valence-corrected chi connectivity index (χ3v) is 5.63. The Morgan fingerprint density at radius 3 is 2.34 bits per heavy atom. The number of hydrogen-bond donors (Lipinski definition) is 1. The quantitative estimate of drug-likeness (QED) is 0.176. The monoisotopic (exact) mass is 545 g/mol. The maximum atomic E-state index is 13.3. The van der Waals surface area contributed by atoms with Gasteiger partial charge in [-0.2, -0.15) is 13.2 Å². The molecule has 1 heterocycles. The van der Waals surface area contributed by atoms with E-state index in [-0.39, 0.29) is 24.2 Å². The summed E-state index contributed by atoms with van der Waals surface area (Å²) in [6, 6.07) is 17.7. The van der Waals surface area contributed by atoms with Gasteiger partial charge >= 0.3 is 23.9 Å². The summed E-state index contributed by atoms with van der Waals surface area (Å²) >= 11 is 5.92. The zero-order valence-electron chi connectivity index (χ0n) is 19.5. The number of alkyl halides is 3. The first-order valence-corrected chi connectivity index (χ1v) is 11.5. The van der Waals surface area contributed by atoms with Gasteiger partial charge in [-0.05, 0) is 35.4 Å². The zero-order valence-corrected chi connectivity index (χ0v) is 20.2. The third-order valence-electron chi connectivity index (χ3n) is 5.38. The highest BCUT2D eigenvalue weighted by molar-refractivity contribution is 6.30. The summed E-state index contributed by atoms with van der Waals surface area (Å²) in [6.45, 7) is -0.0410. The van der Waals surface area contributed by atoms with Crippen LogP contribution in [0.5, 0.6) is 5.75 Å². The number of carbonyl (C=O) groups is 2. The molecule has 1 aromatic heterocycles. The van der Waals surface area contributed by atoms with Gasteiger partial charge < -0.3 is 19.2 Å². The first-order valence-electron chi connectivity index (χ1n) is 11.2. The average Bonchev–Trinajstić information content (AvgIpc) is 2.87. The van der Waals surface area contributed by atoms with Crippen molar-refractivity contribution in [1.82, 2.24) is 5.32 Å². The second kappa shape index (κ2) is 11.4. The number of alkyl carbamates (subject to hydrolysis) is 1. The smallest absolute Gasteiger partial charge is 0.417 e. The van der Waals surface area contributed by atoms with Crippen LogP contribution in [0.15, 0.2) is 88.1 Å². The molecule has 0 aliphatic rings. The highest BCUT2D eigenvalue weighted by Crippen LogP contribution is 2.35. The van der Waals surface area contributed by atoms with E-state index in [0.717, 1.165) is 23.8 Å². The van der Waals surface area contributed by atoms with E-state index in [4.69, 9.17) is 25.5 Å².